The van der Waals surface area contributed by atoms with E-state index in [-0.39, 0.29) is 0 Å². The molecule has 0 spiro atoms. The van der Waals surface area contributed by atoms with Crippen molar-refractivity contribution in [3.05, 3.63) is 88.0 Å². The Morgan fingerprint density at radius 3 is 1.71 bits per heavy atom. The highest BCUT2D eigenvalue weighted by atomic mass is 14.8. The highest BCUT2D eigenvalue weighted by molar-refractivity contribution is 5.83. The minimum Gasteiger partial charge on any atom is -0.348 e. The van der Waals surface area contributed by atoms with Crippen molar-refractivity contribution in [2.45, 2.75) is 104 Å². The van der Waals surface area contributed by atoms with Gasteiger partial charge in [-0.2, -0.15) is 0 Å². The molecule has 0 atom stereocenters. The summed E-state index contributed by atoms with van der Waals surface area (Å²) in [6.45, 7) is 6.68. The minimum absolute atomic E-state index is 0.856. The van der Waals surface area contributed by atoms with Crippen LogP contribution in [0.15, 0.2) is 60.2 Å². The molecule has 0 radical (unpaired) electrons. The Bertz CT molecular complexity index is 938. The maximum absolute atomic E-state index is 9.16. The van der Waals surface area contributed by atoms with E-state index < -0.39 is 0 Å². The SMILES string of the molecule is CCCCCCCCc1ccc(C(=CC(=C=[N+]=[N-])CCCC)c2ccc(CCCC)cc2)cc1. The van der Waals surface area contributed by atoms with E-state index in [0.717, 1.165) is 43.3 Å². The van der Waals surface area contributed by atoms with Crippen LogP contribution in [0.1, 0.15) is 114 Å². The molecule has 0 saturated heterocycles. The molecule has 0 aliphatic carbocycles. The maximum atomic E-state index is 9.16. The van der Waals surface area contributed by atoms with Gasteiger partial charge >= 0.3 is 5.87 Å². The van der Waals surface area contributed by atoms with E-state index in [0.29, 0.717) is 0 Å². The van der Waals surface area contributed by atoms with Gasteiger partial charge in [0.15, 0.2) is 0 Å². The van der Waals surface area contributed by atoms with Gasteiger partial charge in [-0.1, -0.05) is 114 Å². The average molecular weight is 457 g/mol. The molecule has 0 amide bonds. The zero-order valence-corrected chi connectivity index (χ0v) is 21.8. The number of nitrogens with zero attached hydrogens (tertiary/aromatic N) is 2. The molecule has 0 heterocycles. The lowest BCUT2D eigenvalue weighted by Gasteiger charge is -2.11. The molecule has 34 heavy (non-hydrogen) atoms. The molecule has 0 fully saturated rings. The molecule has 2 aromatic rings. The first-order valence-electron chi connectivity index (χ1n) is 13.6. The first-order chi connectivity index (χ1) is 16.7. The summed E-state index contributed by atoms with van der Waals surface area (Å²) in [5.74, 6) is 2.81. The zero-order chi connectivity index (χ0) is 24.4. The second-order valence-corrected chi connectivity index (χ2v) is 9.41. The van der Waals surface area contributed by atoms with Gasteiger partial charge in [-0.05, 0) is 72.4 Å². The Balaban J connectivity index is 2.24. The van der Waals surface area contributed by atoms with Crippen molar-refractivity contribution >= 4 is 11.4 Å². The number of unbranched alkanes of at least 4 members (excludes halogenated alkanes) is 7. The summed E-state index contributed by atoms with van der Waals surface area (Å²) in [4.78, 5) is 3.22. The van der Waals surface area contributed by atoms with Crippen molar-refractivity contribution in [1.29, 1.82) is 0 Å². The van der Waals surface area contributed by atoms with Gasteiger partial charge in [-0.15, -0.1) is 4.79 Å². The second-order valence-electron chi connectivity index (χ2n) is 9.41. The van der Waals surface area contributed by atoms with Crippen LogP contribution in [0.25, 0.3) is 11.1 Å². The van der Waals surface area contributed by atoms with E-state index in [9.17, 15) is 0 Å². The quantitative estimate of drug-likeness (QED) is 0.0793. The molecule has 0 saturated carbocycles. The molecule has 2 aromatic carbocycles. The Labute approximate surface area is 208 Å². The number of hydrogen-bond donors (Lipinski definition) is 0. The van der Waals surface area contributed by atoms with Crippen molar-refractivity contribution in [3.63, 3.8) is 0 Å². The number of aryl methyl sites for hydroxylation is 2. The zero-order valence-electron chi connectivity index (χ0n) is 21.8. The minimum atomic E-state index is 0.856. The lowest BCUT2D eigenvalue weighted by Crippen LogP contribution is -1.94. The van der Waals surface area contributed by atoms with E-state index in [1.807, 2.05) is 0 Å². The van der Waals surface area contributed by atoms with Crippen LogP contribution in [0, 0.1) is 0 Å². The maximum Gasteiger partial charge on any atom is 0.303 e. The third-order valence-corrected chi connectivity index (χ3v) is 6.48. The third-order valence-electron chi connectivity index (χ3n) is 6.48. The van der Waals surface area contributed by atoms with Gasteiger partial charge in [0, 0.05) is 0 Å². The number of rotatable bonds is 16. The summed E-state index contributed by atoms with van der Waals surface area (Å²) >= 11 is 0. The van der Waals surface area contributed by atoms with E-state index in [2.05, 4.69) is 86.0 Å². The standard InChI is InChI=1S/C32H44N2/c1-4-7-10-11-12-13-16-28-19-23-31(24-20-28)32(25-29(26-34-33)15-9-6-3)30-21-17-27(18-22-30)14-8-5-2/h17-25H,4-16H2,1-3H3. The lowest BCUT2D eigenvalue weighted by atomic mass is 9.92. The van der Waals surface area contributed by atoms with Gasteiger partial charge in [0.25, 0.3) is 0 Å². The normalized spacial score (nSPS) is 11.2. The number of allylic oxidation sites excluding steroid dienone is 2. The van der Waals surface area contributed by atoms with Crippen LogP contribution in [0.5, 0.6) is 0 Å². The highest BCUT2D eigenvalue weighted by Gasteiger charge is 2.09. The topological polar surface area (TPSA) is 36.4 Å². The lowest BCUT2D eigenvalue weighted by molar-refractivity contribution is 0.00746. The Morgan fingerprint density at radius 1 is 0.676 bits per heavy atom. The molecular weight excluding hydrogens is 412 g/mol. The molecule has 0 aromatic heterocycles. The average Bonchev–Trinajstić information content (AvgIpc) is 2.87. The van der Waals surface area contributed by atoms with Gasteiger partial charge < -0.3 is 5.53 Å². The fourth-order valence-electron chi connectivity index (χ4n) is 4.29. The smallest absolute Gasteiger partial charge is 0.303 e. The summed E-state index contributed by atoms with van der Waals surface area (Å²) in [6.07, 6.45) is 17.8. The van der Waals surface area contributed by atoms with E-state index in [1.54, 1.807) is 0 Å². The van der Waals surface area contributed by atoms with Crippen LogP contribution in [0.4, 0.5) is 0 Å². The van der Waals surface area contributed by atoms with Gasteiger partial charge in [-0.3, -0.25) is 0 Å². The van der Waals surface area contributed by atoms with E-state index in [1.165, 1.54) is 73.6 Å². The van der Waals surface area contributed by atoms with Crippen LogP contribution >= 0.6 is 0 Å². The van der Waals surface area contributed by atoms with Crippen molar-refractivity contribution in [1.82, 2.24) is 0 Å². The molecule has 0 aliphatic rings. The monoisotopic (exact) mass is 456 g/mol. The first-order valence-corrected chi connectivity index (χ1v) is 13.6. The van der Waals surface area contributed by atoms with Crippen LogP contribution in [0.3, 0.4) is 0 Å². The molecule has 0 aliphatic heterocycles. The van der Waals surface area contributed by atoms with E-state index in [4.69, 9.17) is 5.53 Å². The van der Waals surface area contributed by atoms with Crippen LogP contribution in [-0.2, 0) is 12.8 Å². The van der Waals surface area contributed by atoms with Gasteiger partial charge in [0.1, 0.15) is 0 Å². The van der Waals surface area contributed by atoms with Crippen molar-refractivity contribution in [2.24, 2.45) is 0 Å². The molecule has 2 rings (SSSR count). The predicted octanol–water partition coefficient (Wildman–Crippen LogP) is 9.38. The third kappa shape index (κ3) is 10.1. The summed E-state index contributed by atoms with van der Waals surface area (Å²) in [5.41, 5.74) is 16.4. The number of benzene rings is 2. The summed E-state index contributed by atoms with van der Waals surface area (Å²) in [6, 6.07) is 18.0. The van der Waals surface area contributed by atoms with E-state index >= 15 is 0 Å². The molecule has 2 heteroatoms. The van der Waals surface area contributed by atoms with Gasteiger partial charge in [-0.25, -0.2) is 0 Å². The van der Waals surface area contributed by atoms with Crippen LogP contribution in [-0.4, -0.2) is 10.7 Å². The number of hydrogen-bond acceptors (Lipinski definition) is 0. The van der Waals surface area contributed by atoms with Crippen molar-refractivity contribution < 1.29 is 4.79 Å². The summed E-state index contributed by atoms with van der Waals surface area (Å²) < 4.78 is 0. The molecule has 0 unspecified atom stereocenters. The summed E-state index contributed by atoms with van der Waals surface area (Å²) in [5, 5.41) is 0. The Kier molecular flexibility index (Phi) is 13.7. The van der Waals surface area contributed by atoms with Gasteiger partial charge in [0.2, 0.25) is 0 Å². The largest absolute Gasteiger partial charge is 0.348 e. The van der Waals surface area contributed by atoms with Crippen LogP contribution < -0.4 is 0 Å². The summed E-state index contributed by atoms with van der Waals surface area (Å²) in [7, 11) is 0. The predicted molar refractivity (Wildman–Crippen MR) is 147 cm³/mol. The van der Waals surface area contributed by atoms with Gasteiger partial charge in [0.05, 0.1) is 5.57 Å². The molecule has 0 N–H and O–H groups in total. The fraction of sp³-hybridized carbons (Fsp3) is 0.500. The highest BCUT2D eigenvalue weighted by Crippen LogP contribution is 2.27. The molecule has 182 valence electrons. The van der Waals surface area contributed by atoms with Crippen molar-refractivity contribution in [3.8, 4) is 0 Å². The van der Waals surface area contributed by atoms with Crippen molar-refractivity contribution in [2.75, 3.05) is 0 Å². The first kappa shape index (κ1) is 27.6. The molecule has 0 bridgehead atoms. The molecular formula is C32H44N2. The Morgan fingerprint density at radius 2 is 1.18 bits per heavy atom. The Hall–Kier alpha value is -2.66. The van der Waals surface area contributed by atoms with Crippen LogP contribution in [0.2, 0.25) is 0 Å². The fourth-order valence-corrected chi connectivity index (χ4v) is 4.29. The second kappa shape index (κ2) is 16.9. The molecule has 2 nitrogen and oxygen atoms in total.